The average Bonchev–Trinajstić information content (AvgIpc) is 3.83. The van der Waals surface area contributed by atoms with Crippen molar-refractivity contribution in [2.75, 3.05) is 4.90 Å². The Morgan fingerprint density at radius 1 is 0.340 bits per heavy atom. The van der Waals surface area contributed by atoms with Gasteiger partial charge in [0.1, 0.15) is 0 Å². The van der Waals surface area contributed by atoms with E-state index in [2.05, 4.69) is 179 Å². The van der Waals surface area contributed by atoms with Crippen molar-refractivity contribution in [2.45, 2.75) is 0 Å². The lowest BCUT2D eigenvalue weighted by Crippen LogP contribution is -2.10. The maximum absolute atomic E-state index is 2.45. The lowest BCUT2D eigenvalue weighted by atomic mass is 10.0. The molecule has 3 aromatic heterocycles. The lowest BCUT2D eigenvalue weighted by molar-refractivity contribution is 1.18. The molecule has 0 radical (unpaired) electrons. The van der Waals surface area contributed by atoms with Crippen LogP contribution in [0, 0.1) is 0 Å². The van der Waals surface area contributed by atoms with Crippen molar-refractivity contribution in [2.24, 2.45) is 0 Å². The molecule has 0 N–H and O–H groups in total. The number of aromatic nitrogens is 1. The molecule has 0 atom stereocenters. The summed E-state index contributed by atoms with van der Waals surface area (Å²) in [5, 5.41) is 10.3. The molecule has 11 rings (SSSR count). The van der Waals surface area contributed by atoms with Crippen LogP contribution < -0.4 is 4.90 Å². The number of hydrogen-bond acceptors (Lipinski definition) is 3. The molecule has 0 saturated heterocycles. The Hall–Kier alpha value is -5.94. The molecule has 0 fully saturated rings. The molecular formula is C46H28N2S2. The molecule has 0 amide bonds. The monoisotopic (exact) mass is 672 g/mol. The van der Waals surface area contributed by atoms with Gasteiger partial charge in [-0.05, 0) is 95.7 Å². The van der Waals surface area contributed by atoms with Crippen molar-refractivity contribution in [1.82, 2.24) is 4.57 Å². The number of nitrogens with zero attached hydrogens (tertiary/aromatic N) is 2. The zero-order chi connectivity index (χ0) is 32.8. The van der Waals surface area contributed by atoms with Crippen LogP contribution in [0.1, 0.15) is 0 Å². The number of fused-ring (bicyclic) bond motifs is 10. The first-order chi connectivity index (χ1) is 24.8. The molecule has 0 aliphatic rings. The second-order valence-corrected chi connectivity index (χ2v) is 15.1. The fourth-order valence-electron chi connectivity index (χ4n) is 7.84. The second kappa shape index (κ2) is 10.8. The molecule has 0 aliphatic heterocycles. The maximum Gasteiger partial charge on any atom is 0.0561 e. The third-order valence-electron chi connectivity index (χ3n) is 10.1. The first kappa shape index (κ1) is 28.0. The quantitative estimate of drug-likeness (QED) is 0.181. The summed E-state index contributed by atoms with van der Waals surface area (Å²) in [6.45, 7) is 0. The highest BCUT2D eigenvalue weighted by Gasteiger charge is 2.20. The molecule has 8 aromatic carbocycles. The van der Waals surface area contributed by atoms with Crippen molar-refractivity contribution in [1.29, 1.82) is 0 Å². The number of rotatable bonds is 4. The highest BCUT2D eigenvalue weighted by atomic mass is 32.1. The van der Waals surface area contributed by atoms with Crippen LogP contribution >= 0.6 is 22.7 Å². The van der Waals surface area contributed by atoms with Gasteiger partial charge in [0.05, 0.1) is 11.0 Å². The van der Waals surface area contributed by atoms with E-state index in [0.717, 1.165) is 22.7 Å². The Kier molecular flexibility index (Phi) is 6.03. The van der Waals surface area contributed by atoms with E-state index >= 15 is 0 Å². The molecule has 234 valence electrons. The summed E-state index contributed by atoms with van der Waals surface area (Å²) < 4.78 is 7.65. The number of thiophene rings is 2. The maximum atomic E-state index is 2.45. The summed E-state index contributed by atoms with van der Waals surface area (Å²) in [6, 6.07) is 62.6. The van der Waals surface area contributed by atoms with Gasteiger partial charge in [0.25, 0.3) is 0 Å². The molecule has 11 aromatic rings. The van der Waals surface area contributed by atoms with E-state index < -0.39 is 0 Å². The minimum atomic E-state index is 1.13. The first-order valence-electron chi connectivity index (χ1n) is 16.9. The third kappa shape index (κ3) is 4.19. The van der Waals surface area contributed by atoms with Crippen LogP contribution in [-0.4, -0.2) is 4.57 Å². The molecule has 0 unspecified atom stereocenters. The molecule has 3 heterocycles. The van der Waals surface area contributed by atoms with Crippen LogP contribution in [0.5, 0.6) is 0 Å². The summed E-state index contributed by atoms with van der Waals surface area (Å²) in [5.74, 6) is 0. The van der Waals surface area contributed by atoms with Gasteiger partial charge in [-0.3, -0.25) is 0 Å². The van der Waals surface area contributed by atoms with E-state index in [1.165, 1.54) is 72.9 Å². The molecule has 0 saturated carbocycles. The largest absolute Gasteiger partial charge is 0.310 e. The zero-order valence-corrected chi connectivity index (χ0v) is 28.5. The van der Waals surface area contributed by atoms with Crippen LogP contribution in [0.15, 0.2) is 170 Å². The standard InChI is InChI=1S/C46H28N2S2/c1-2-12-31(13-3-1)48-41-16-8-6-14-35(41)36-21-18-34(28-42(36)48)47(32-19-22-44-39(26-32)37-15-7-9-17-43(37)49-44)33-20-23-45-40(27-33)38-24-29-10-4-5-11-30(29)25-46(38)50-45/h1-28H. The van der Waals surface area contributed by atoms with Crippen molar-refractivity contribution in [3.05, 3.63) is 170 Å². The van der Waals surface area contributed by atoms with Gasteiger partial charge < -0.3 is 9.47 Å². The summed E-state index contributed by atoms with van der Waals surface area (Å²) >= 11 is 3.74. The van der Waals surface area contributed by atoms with Gasteiger partial charge in [-0.1, -0.05) is 84.9 Å². The molecule has 2 nitrogen and oxygen atoms in total. The first-order valence-corrected chi connectivity index (χ1v) is 18.6. The molecule has 0 bridgehead atoms. The Labute approximate surface area is 296 Å². The van der Waals surface area contributed by atoms with Crippen molar-refractivity contribution in [3.63, 3.8) is 0 Å². The summed E-state index contributed by atoms with van der Waals surface area (Å²) in [4.78, 5) is 2.45. The molecular weight excluding hydrogens is 645 g/mol. The van der Waals surface area contributed by atoms with Crippen LogP contribution in [0.3, 0.4) is 0 Å². The number of para-hydroxylation sites is 2. The minimum absolute atomic E-state index is 1.13. The third-order valence-corrected chi connectivity index (χ3v) is 12.4. The highest BCUT2D eigenvalue weighted by molar-refractivity contribution is 7.26. The topological polar surface area (TPSA) is 8.17 Å². The van der Waals surface area contributed by atoms with E-state index in [-0.39, 0.29) is 0 Å². The predicted octanol–water partition coefficient (Wildman–Crippen LogP) is 14.1. The van der Waals surface area contributed by atoms with E-state index in [9.17, 15) is 0 Å². The average molecular weight is 673 g/mol. The second-order valence-electron chi connectivity index (χ2n) is 13.0. The van der Waals surface area contributed by atoms with E-state index in [4.69, 9.17) is 0 Å². The Balaban J connectivity index is 1.19. The Morgan fingerprint density at radius 2 is 0.880 bits per heavy atom. The fraction of sp³-hybridized carbons (Fsp3) is 0. The van der Waals surface area contributed by atoms with Crippen LogP contribution in [-0.2, 0) is 0 Å². The number of anilines is 3. The van der Waals surface area contributed by atoms with Gasteiger partial charge >= 0.3 is 0 Å². The minimum Gasteiger partial charge on any atom is -0.310 e. The molecule has 0 aliphatic carbocycles. The van der Waals surface area contributed by atoms with Gasteiger partial charge in [-0.2, -0.15) is 0 Å². The Morgan fingerprint density at radius 3 is 1.68 bits per heavy atom. The fourth-order valence-corrected chi connectivity index (χ4v) is 10.0. The summed E-state index contributed by atoms with van der Waals surface area (Å²) in [7, 11) is 0. The lowest BCUT2D eigenvalue weighted by Gasteiger charge is -2.26. The zero-order valence-electron chi connectivity index (χ0n) is 26.9. The van der Waals surface area contributed by atoms with E-state index in [1.807, 2.05) is 22.7 Å². The summed E-state index contributed by atoms with van der Waals surface area (Å²) in [5.41, 5.74) is 6.98. The van der Waals surface area contributed by atoms with Crippen LogP contribution in [0.25, 0.3) is 78.6 Å². The van der Waals surface area contributed by atoms with Gasteiger partial charge in [-0.25, -0.2) is 0 Å². The van der Waals surface area contributed by atoms with Gasteiger partial charge in [0.15, 0.2) is 0 Å². The van der Waals surface area contributed by atoms with Gasteiger partial charge in [-0.15, -0.1) is 22.7 Å². The molecule has 4 heteroatoms. The van der Waals surface area contributed by atoms with Crippen molar-refractivity contribution >= 4 is 113 Å². The smallest absolute Gasteiger partial charge is 0.0561 e. The van der Waals surface area contributed by atoms with Crippen molar-refractivity contribution < 1.29 is 0 Å². The summed E-state index contributed by atoms with van der Waals surface area (Å²) in [6.07, 6.45) is 0. The van der Waals surface area contributed by atoms with E-state index in [1.54, 1.807) is 0 Å². The van der Waals surface area contributed by atoms with Crippen LogP contribution in [0.2, 0.25) is 0 Å². The molecule has 0 spiro atoms. The van der Waals surface area contributed by atoms with Crippen molar-refractivity contribution in [3.8, 4) is 5.69 Å². The van der Waals surface area contributed by atoms with Crippen LogP contribution in [0.4, 0.5) is 17.1 Å². The number of hydrogen-bond donors (Lipinski definition) is 0. The highest BCUT2D eigenvalue weighted by Crippen LogP contribution is 2.45. The Bertz CT molecular complexity index is 3110. The molecule has 50 heavy (non-hydrogen) atoms. The van der Waals surface area contributed by atoms with Gasteiger partial charge in [0.2, 0.25) is 0 Å². The SMILES string of the molecule is c1ccc(-n2c3ccccc3c3ccc(N(c4ccc5sc6ccccc6c5c4)c4ccc5sc6cc7ccccc7cc6c5c4)cc32)cc1. The number of benzene rings is 8. The van der Waals surface area contributed by atoms with Gasteiger partial charge in [0, 0.05) is 73.9 Å². The normalized spacial score (nSPS) is 12.0. The predicted molar refractivity (Wildman–Crippen MR) is 219 cm³/mol. The van der Waals surface area contributed by atoms with E-state index in [0.29, 0.717) is 0 Å².